The van der Waals surface area contributed by atoms with Crippen molar-refractivity contribution in [2.75, 3.05) is 12.3 Å². The molecule has 0 amide bonds. The monoisotopic (exact) mass is 338 g/mol. The van der Waals surface area contributed by atoms with Gasteiger partial charge in [0.25, 0.3) is 0 Å². The maximum Gasteiger partial charge on any atom is 0.339 e. The summed E-state index contributed by atoms with van der Waals surface area (Å²) in [5, 5.41) is 0. The van der Waals surface area contributed by atoms with Crippen molar-refractivity contribution in [3.8, 4) is 0 Å². The quantitative estimate of drug-likeness (QED) is 0.687. The molecule has 1 heterocycles. The van der Waals surface area contributed by atoms with Crippen LogP contribution < -0.4 is 5.73 Å². The van der Waals surface area contributed by atoms with Gasteiger partial charge in [-0.05, 0) is 45.8 Å². The summed E-state index contributed by atoms with van der Waals surface area (Å²) in [6, 6.07) is 6.10. The van der Waals surface area contributed by atoms with Crippen LogP contribution in [0.3, 0.4) is 0 Å². The lowest BCUT2D eigenvalue weighted by Gasteiger charge is -2.08. The molecule has 104 valence electrons. The standard InChI is InChI=1S/C14H12BrFN2O2/c15-11-8-12(16)13(17)7-10(11)14(19)20-6-3-9-1-4-18-5-2-9/h1-2,4-5,7-8H,3,6,17H2. The minimum atomic E-state index is -0.579. The molecule has 0 saturated heterocycles. The fraction of sp³-hybridized carbons (Fsp3) is 0.143. The van der Waals surface area contributed by atoms with E-state index < -0.39 is 11.8 Å². The Kier molecular flexibility index (Phi) is 4.68. The fourth-order valence-electron chi connectivity index (χ4n) is 1.61. The number of ether oxygens (including phenoxy) is 1. The summed E-state index contributed by atoms with van der Waals surface area (Å²) in [5.74, 6) is -1.12. The Balaban J connectivity index is 1.97. The number of anilines is 1. The fourth-order valence-corrected chi connectivity index (χ4v) is 2.09. The lowest BCUT2D eigenvalue weighted by molar-refractivity contribution is 0.0508. The molecule has 2 rings (SSSR count). The number of hydrogen-bond acceptors (Lipinski definition) is 4. The Morgan fingerprint density at radius 2 is 2.05 bits per heavy atom. The van der Waals surface area contributed by atoms with Crippen molar-refractivity contribution in [1.82, 2.24) is 4.98 Å². The summed E-state index contributed by atoms with van der Waals surface area (Å²) < 4.78 is 18.6. The molecule has 1 aromatic heterocycles. The molecule has 4 nitrogen and oxygen atoms in total. The van der Waals surface area contributed by atoms with Crippen LogP contribution in [-0.2, 0) is 11.2 Å². The number of nitrogens with two attached hydrogens (primary N) is 1. The zero-order valence-electron chi connectivity index (χ0n) is 10.5. The van der Waals surface area contributed by atoms with E-state index in [2.05, 4.69) is 20.9 Å². The van der Waals surface area contributed by atoms with Crippen LogP contribution in [0.2, 0.25) is 0 Å². The molecular formula is C14H12BrFN2O2. The summed E-state index contributed by atoms with van der Waals surface area (Å²) in [4.78, 5) is 15.8. The Labute approximate surface area is 123 Å². The zero-order valence-corrected chi connectivity index (χ0v) is 12.1. The van der Waals surface area contributed by atoms with E-state index in [-0.39, 0.29) is 17.9 Å². The van der Waals surface area contributed by atoms with Crippen LogP contribution in [0.1, 0.15) is 15.9 Å². The highest BCUT2D eigenvalue weighted by atomic mass is 79.9. The summed E-state index contributed by atoms with van der Waals surface area (Å²) in [6.45, 7) is 0.229. The molecule has 6 heteroatoms. The highest BCUT2D eigenvalue weighted by Gasteiger charge is 2.14. The third-order valence-corrected chi connectivity index (χ3v) is 3.34. The maximum absolute atomic E-state index is 13.2. The van der Waals surface area contributed by atoms with Crippen molar-refractivity contribution in [3.05, 3.63) is 58.1 Å². The number of pyridine rings is 1. The van der Waals surface area contributed by atoms with Gasteiger partial charge in [-0.15, -0.1) is 0 Å². The molecule has 0 saturated carbocycles. The minimum Gasteiger partial charge on any atom is -0.462 e. The van der Waals surface area contributed by atoms with Crippen molar-refractivity contribution < 1.29 is 13.9 Å². The molecule has 0 aliphatic rings. The van der Waals surface area contributed by atoms with Crippen molar-refractivity contribution >= 4 is 27.6 Å². The molecule has 0 radical (unpaired) electrons. The molecule has 0 bridgehead atoms. The number of carbonyl (C=O) groups is 1. The molecule has 0 fully saturated rings. The van der Waals surface area contributed by atoms with Gasteiger partial charge >= 0.3 is 5.97 Å². The van der Waals surface area contributed by atoms with Gasteiger partial charge in [0.05, 0.1) is 17.9 Å². The number of aromatic nitrogens is 1. The molecule has 0 atom stereocenters. The molecule has 2 N–H and O–H groups in total. The van der Waals surface area contributed by atoms with Gasteiger partial charge in [-0.3, -0.25) is 4.98 Å². The minimum absolute atomic E-state index is 0.0886. The average Bonchev–Trinajstić information content (AvgIpc) is 2.44. The highest BCUT2D eigenvalue weighted by Crippen LogP contribution is 2.23. The van der Waals surface area contributed by atoms with E-state index in [1.165, 1.54) is 6.07 Å². The number of benzene rings is 1. The topological polar surface area (TPSA) is 65.2 Å². The lowest BCUT2D eigenvalue weighted by atomic mass is 10.2. The number of halogens is 2. The molecule has 0 spiro atoms. The second-order valence-electron chi connectivity index (χ2n) is 4.09. The highest BCUT2D eigenvalue weighted by molar-refractivity contribution is 9.10. The van der Waals surface area contributed by atoms with E-state index in [1.54, 1.807) is 12.4 Å². The summed E-state index contributed by atoms with van der Waals surface area (Å²) in [5.41, 5.74) is 6.57. The van der Waals surface area contributed by atoms with Gasteiger partial charge in [0.2, 0.25) is 0 Å². The number of carbonyl (C=O) groups excluding carboxylic acids is 1. The van der Waals surface area contributed by atoms with Crippen molar-refractivity contribution in [1.29, 1.82) is 0 Å². The van der Waals surface area contributed by atoms with Gasteiger partial charge in [-0.1, -0.05) is 0 Å². The van der Waals surface area contributed by atoms with Crippen LogP contribution in [0.5, 0.6) is 0 Å². The van der Waals surface area contributed by atoms with Gasteiger partial charge in [-0.25, -0.2) is 9.18 Å². The Morgan fingerprint density at radius 3 is 2.75 bits per heavy atom. The van der Waals surface area contributed by atoms with Gasteiger partial charge in [0.1, 0.15) is 5.82 Å². The SMILES string of the molecule is Nc1cc(C(=O)OCCc2ccncc2)c(Br)cc1F. The normalized spacial score (nSPS) is 10.3. The van der Waals surface area contributed by atoms with Gasteiger partial charge in [-0.2, -0.15) is 0 Å². The third-order valence-electron chi connectivity index (χ3n) is 2.68. The second-order valence-corrected chi connectivity index (χ2v) is 4.95. The van der Waals surface area contributed by atoms with Crippen LogP contribution in [-0.4, -0.2) is 17.6 Å². The first kappa shape index (κ1) is 14.5. The predicted molar refractivity (Wildman–Crippen MR) is 76.7 cm³/mol. The molecule has 0 unspecified atom stereocenters. The summed E-state index contributed by atoms with van der Waals surface area (Å²) >= 11 is 3.11. The molecule has 1 aromatic carbocycles. The van der Waals surface area contributed by atoms with Gasteiger partial charge in [0, 0.05) is 23.3 Å². The van der Waals surface area contributed by atoms with E-state index in [0.717, 1.165) is 11.6 Å². The predicted octanol–water partition coefficient (Wildman–Crippen LogP) is 2.96. The average molecular weight is 339 g/mol. The van der Waals surface area contributed by atoms with E-state index in [9.17, 15) is 9.18 Å². The molecular weight excluding hydrogens is 327 g/mol. The number of hydrogen-bond donors (Lipinski definition) is 1. The van der Waals surface area contributed by atoms with E-state index in [1.807, 2.05) is 12.1 Å². The first-order valence-electron chi connectivity index (χ1n) is 5.88. The van der Waals surface area contributed by atoms with Crippen LogP contribution in [0.15, 0.2) is 41.1 Å². The number of nitrogens with zero attached hydrogens (tertiary/aromatic N) is 1. The molecule has 0 aliphatic heterocycles. The molecule has 0 aliphatic carbocycles. The summed E-state index contributed by atoms with van der Waals surface area (Å²) in [6.07, 6.45) is 3.94. The van der Waals surface area contributed by atoms with E-state index >= 15 is 0 Å². The second kappa shape index (κ2) is 6.47. The lowest BCUT2D eigenvalue weighted by Crippen LogP contribution is -2.10. The van der Waals surface area contributed by atoms with Gasteiger partial charge < -0.3 is 10.5 Å². The number of esters is 1. The van der Waals surface area contributed by atoms with Crippen LogP contribution >= 0.6 is 15.9 Å². The first-order valence-corrected chi connectivity index (χ1v) is 6.68. The Bertz CT molecular complexity index is 620. The van der Waals surface area contributed by atoms with E-state index in [4.69, 9.17) is 10.5 Å². The summed E-state index contributed by atoms with van der Waals surface area (Å²) in [7, 11) is 0. The smallest absolute Gasteiger partial charge is 0.339 e. The van der Waals surface area contributed by atoms with Crippen LogP contribution in [0, 0.1) is 5.82 Å². The third kappa shape index (κ3) is 3.54. The van der Waals surface area contributed by atoms with Crippen LogP contribution in [0.4, 0.5) is 10.1 Å². The Hall–Kier alpha value is -1.95. The van der Waals surface area contributed by atoms with Gasteiger partial charge in [0.15, 0.2) is 0 Å². The van der Waals surface area contributed by atoms with Crippen molar-refractivity contribution in [2.45, 2.75) is 6.42 Å². The largest absolute Gasteiger partial charge is 0.462 e. The Morgan fingerprint density at radius 1 is 1.35 bits per heavy atom. The molecule has 2 aromatic rings. The van der Waals surface area contributed by atoms with Crippen molar-refractivity contribution in [2.24, 2.45) is 0 Å². The molecule has 20 heavy (non-hydrogen) atoms. The van der Waals surface area contributed by atoms with Crippen LogP contribution in [0.25, 0.3) is 0 Å². The zero-order chi connectivity index (χ0) is 14.5. The first-order chi connectivity index (χ1) is 9.58. The maximum atomic E-state index is 13.2. The van der Waals surface area contributed by atoms with E-state index in [0.29, 0.717) is 10.9 Å². The number of nitrogen functional groups attached to an aromatic ring is 1. The number of rotatable bonds is 4. The van der Waals surface area contributed by atoms with Crippen molar-refractivity contribution in [3.63, 3.8) is 0 Å².